The van der Waals surface area contributed by atoms with Gasteiger partial charge in [0.1, 0.15) is 6.10 Å². The van der Waals surface area contributed by atoms with Gasteiger partial charge in [-0.25, -0.2) is 0 Å². The van der Waals surface area contributed by atoms with Crippen molar-refractivity contribution in [2.24, 2.45) is 5.92 Å². The minimum absolute atomic E-state index is 0.0394. The van der Waals surface area contributed by atoms with E-state index in [1.807, 2.05) is 4.90 Å². The summed E-state index contributed by atoms with van der Waals surface area (Å²) < 4.78 is 5.72. The van der Waals surface area contributed by atoms with Crippen molar-refractivity contribution in [3.8, 4) is 5.88 Å². The van der Waals surface area contributed by atoms with E-state index in [0.717, 1.165) is 19.4 Å². The number of ether oxygens (including phenoxy) is 1. The molecule has 104 valence electrons. The molecule has 0 spiro atoms. The fraction of sp³-hybridized carbons (Fsp3) is 0.643. The molecule has 5 heteroatoms. The van der Waals surface area contributed by atoms with Crippen LogP contribution in [0.5, 0.6) is 5.88 Å². The Morgan fingerprint density at radius 3 is 3.16 bits per heavy atom. The van der Waals surface area contributed by atoms with Gasteiger partial charge in [-0.2, -0.15) is 5.10 Å². The summed E-state index contributed by atoms with van der Waals surface area (Å²) in [5.41, 5.74) is 0. The first-order chi connectivity index (χ1) is 9.19. The zero-order valence-corrected chi connectivity index (χ0v) is 11.6. The van der Waals surface area contributed by atoms with Crippen molar-refractivity contribution in [3.05, 3.63) is 18.3 Å². The minimum atomic E-state index is 0.0394. The largest absolute Gasteiger partial charge is 0.471 e. The Bertz CT molecular complexity index is 410. The van der Waals surface area contributed by atoms with Crippen molar-refractivity contribution in [1.82, 2.24) is 15.1 Å². The molecule has 0 bridgehead atoms. The monoisotopic (exact) mass is 263 g/mol. The van der Waals surface area contributed by atoms with E-state index in [-0.39, 0.29) is 12.0 Å². The van der Waals surface area contributed by atoms with E-state index < -0.39 is 0 Å². The Morgan fingerprint density at radius 1 is 1.63 bits per heavy atom. The lowest BCUT2D eigenvalue weighted by atomic mass is 10.0. The molecule has 0 saturated carbocycles. The molecule has 1 saturated heterocycles. The maximum absolute atomic E-state index is 12.1. The first kappa shape index (κ1) is 13.8. The summed E-state index contributed by atoms with van der Waals surface area (Å²) in [5, 5.41) is 7.67. The lowest BCUT2D eigenvalue weighted by molar-refractivity contribution is -0.131. The highest BCUT2D eigenvalue weighted by Crippen LogP contribution is 2.18. The molecule has 0 radical (unpaired) electrons. The van der Waals surface area contributed by atoms with E-state index in [2.05, 4.69) is 24.0 Å². The summed E-state index contributed by atoms with van der Waals surface area (Å²) in [6.07, 6.45) is 4.19. The maximum Gasteiger partial charge on any atom is 0.233 e. The van der Waals surface area contributed by atoms with Gasteiger partial charge >= 0.3 is 0 Å². The van der Waals surface area contributed by atoms with Crippen molar-refractivity contribution in [2.75, 3.05) is 13.1 Å². The second-order valence-electron chi connectivity index (χ2n) is 5.15. The summed E-state index contributed by atoms with van der Waals surface area (Å²) in [4.78, 5) is 14.0. The first-order valence-electron chi connectivity index (χ1n) is 6.91. The number of amides is 1. The standard InChI is InChI=1S/C14H21N3O2/c1-3-11(2)9-14(18)17-8-6-12(10-17)19-13-5-4-7-15-16-13/h4-5,7,11-12H,3,6,8-10H2,1-2H3. The molecule has 1 aliphatic rings. The van der Waals surface area contributed by atoms with Crippen LogP contribution in [0, 0.1) is 5.92 Å². The Balaban J connectivity index is 1.81. The van der Waals surface area contributed by atoms with Crippen molar-refractivity contribution in [3.63, 3.8) is 0 Å². The zero-order valence-electron chi connectivity index (χ0n) is 11.6. The van der Waals surface area contributed by atoms with E-state index in [4.69, 9.17) is 4.74 Å². The van der Waals surface area contributed by atoms with Crippen LogP contribution in [-0.2, 0) is 4.79 Å². The van der Waals surface area contributed by atoms with Gasteiger partial charge in [-0.1, -0.05) is 20.3 Å². The average molecular weight is 263 g/mol. The van der Waals surface area contributed by atoms with E-state index in [1.54, 1.807) is 18.3 Å². The molecule has 1 aliphatic heterocycles. The third kappa shape index (κ3) is 3.91. The number of hydrogen-bond donors (Lipinski definition) is 0. The van der Waals surface area contributed by atoms with Crippen LogP contribution in [0.25, 0.3) is 0 Å². The number of nitrogens with zero attached hydrogens (tertiary/aromatic N) is 3. The number of aromatic nitrogens is 2. The molecule has 0 aromatic carbocycles. The topological polar surface area (TPSA) is 55.3 Å². The summed E-state index contributed by atoms with van der Waals surface area (Å²) in [6.45, 7) is 5.66. The fourth-order valence-corrected chi connectivity index (χ4v) is 2.14. The molecule has 1 fully saturated rings. The smallest absolute Gasteiger partial charge is 0.233 e. The summed E-state index contributed by atoms with van der Waals surface area (Å²) in [6, 6.07) is 3.58. The van der Waals surface area contributed by atoms with Crippen LogP contribution in [0.2, 0.25) is 0 Å². The van der Waals surface area contributed by atoms with Crippen LogP contribution in [-0.4, -0.2) is 40.2 Å². The highest BCUT2D eigenvalue weighted by Gasteiger charge is 2.28. The minimum Gasteiger partial charge on any atom is -0.471 e. The third-order valence-corrected chi connectivity index (χ3v) is 3.55. The molecule has 1 aromatic rings. The molecule has 0 aliphatic carbocycles. The van der Waals surface area contributed by atoms with E-state index in [1.165, 1.54) is 0 Å². The molecular formula is C14H21N3O2. The van der Waals surface area contributed by atoms with E-state index in [9.17, 15) is 4.79 Å². The van der Waals surface area contributed by atoms with Gasteiger partial charge in [0.2, 0.25) is 11.8 Å². The molecular weight excluding hydrogens is 242 g/mol. The van der Waals surface area contributed by atoms with E-state index in [0.29, 0.717) is 24.8 Å². The second kappa shape index (κ2) is 6.50. The zero-order chi connectivity index (χ0) is 13.7. The lowest BCUT2D eigenvalue weighted by Gasteiger charge is -2.18. The SMILES string of the molecule is CCC(C)CC(=O)N1CCC(Oc2cccnn2)C1. The van der Waals surface area contributed by atoms with Gasteiger partial charge < -0.3 is 9.64 Å². The number of carbonyl (C=O) groups is 1. The molecule has 2 heterocycles. The number of carbonyl (C=O) groups excluding carboxylic acids is 1. The molecule has 1 amide bonds. The Labute approximate surface area is 114 Å². The maximum atomic E-state index is 12.1. The normalized spacial score (nSPS) is 20.3. The fourth-order valence-electron chi connectivity index (χ4n) is 2.14. The Morgan fingerprint density at radius 2 is 2.47 bits per heavy atom. The van der Waals surface area contributed by atoms with Crippen LogP contribution in [0.1, 0.15) is 33.1 Å². The van der Waals surface area contributed by atoms with Crippen LogP contribution in [0.4, 0.5) is 0 Å². The molecule has 1 aromatic heterocycles. The molecule has 2 rings (SSSR count). The van der Waals surface area contributed by atoms with Crippen LogP contribution < -0.4 is 4.74 Å². The summed E-state index contributed by atoms with van der Waals surface area (Å²) in [7, 11) is 0. The predicted octanol–water partition coefficient (Wildman–Crippen LogP) is 1.89. The molecule has 5 nitrogen and oxygen atoms in total. The molecule has 19 heavy (non-hydrogen) atoms. The first-order valence-corrected chi connectivity index (χ1v) is 6.91. The Hall–Kier alpha value is -1.65. The average Bonchev–Trinajstić information content (AvgIpc) is 2.88. The van der Waals surface area contributed by atoms with Gasteiger partial charge in [-0.3, -0.25) is 4.79 Å². The quantitative estimate of drug-likeness (QED) is 0.814. The van der Waals surface area contributed by atoms with Crippen LogP contribution in [0.15, 0.2) is 18.3 Å². The highest BCUT2D eigenvalue weighted by atomic mass is 16.5. The van der Waals surface area contributed by atoms with Gasteiger partial charge in [-0.15, -0.1) is 5.10 Å². The molecule has 0 N–H and O–H groups in total. The van der Waals surface area contributed by atoms with Crippen LogP contribution >= 0.6 is 0 Å². The number of rotatable bonds is 5. The molecule has 2 unspecified atom stereocenters. The highest BCUT2D eigenvalue weighted by molar-refractivity contribution is 5.76. The summed E-state index contributed by atoms with van der Waals surface area (Å²) in [5.74, 6) is 1.22. The molecule has 2 atom stereocenters. The predicted molar refractivity (Wildman–Crippen MR) is 71.7 cm³/mol. The van der Waals surface area contributed by atoms with Gasteiger partial charge in [0.15, 0.2) is 0 Å². The van der Waals surface area contributed by atoms with Gasteiger partial charge in [0.05, 0.1) is 6.54 Å². The Kier molecular flexibility index (Phi) is 4.71. The van der Waals surface area contributed by atoms with Crippen molar-refractivity contribution >= 4 is 5.91 Å². The lowest BCUT2D eigenvalue weighted by Crippen LogP contribution is -2.31. The van der Waals surface area contributed by atoms with Crippen LogP contribution in [0.3, 0.4) is 0 Å². The van der Waals surface area contributed by atoms with Gasteiger partial charge in [0, 0.05) is 31.6 Å². The van der Waals surface area contributed by atoms with Gasteiger partial charge in [-0.05, 0) is 12.0 Å². The third-order valence-electron chi connectivity index (χ3n) is 3.55. The summed E-state index contributed by atoms with van der Waals surface area (Å²) >= 11 is 0. The van der Waals surface area contributed by atoms with Crippen molar-refractivity contribution in [2.45, 2.75) is 39.2 Å². The number of likely N-dealkylation sites (tertiary alicyclic amines) is 1. The van der Waals surface area contributed by atoms with E-state index >= 15 is 0 Å². The van der Waals surface area contributed by atoms with Crippen molar-refractivity contribution in [1.29, 1.82) is 0 Å². The van der Waals surface area contributed by atoms with Gasteiger partial charge in [0.25, 0.3) is 0 Å². The number of hydrogen-bond acceptors (Lipinski definition) is 4. The second-order valence-corrected chi connectivity index (χ2v) is 5.15. The van der Waals surface area contributed by atoms with Crippen molar-refractivity contribution < 1.29 is 9.53 Å².